The van der Waals surface area contributed by atoms with Gasteiger partial charge in [0.1, 0.15) is 12.3 Å². The number of carbonyl (C=O) groups excluding carboxylic acids is 5. The van der Waals surface area contributed by atoms with Gasteiger partial charge in [-0.1, -0.05) is 0 Å². The molecule has 0 bridgehead atoms. The van der Waals surface area contributed by atoms with Gasteiger partial charge in [0, 0.05) is 39.3 Å². The third-order valence-electron chi connectivity index (χ3n) is 7.00. The minimum atomic E-state index is -1.32. The topological polar surface area (TPSA) is 206 Å². The molecule has 1 aliphatic rings. The predicted octanol–water partition coefficient (Wildman–Crippen LogP) is 1.14. The second kappa shape index (κ2) is 17.9. The molecule has 1 rings (SSSR count). The van der Waals surface area contributed by atoms with Crippen LogP contribution in [0.1, 0.15) is 79.1 Å². The van der Waals surface area contributed by atoms with Gasteiger partial charge in [0.2, 0.25) is 23.6 Å². The molecular formula is C28H45N3O11S. The van der Waals surface area contributed by atoms with Crippen molar-refractivity contribution in [2.45, 2.75) is 108 Å². The van der Waals surface area contributed by atoms with Crippen molar-refractivity contribution in [3.05, 3.63) is 0 Å². The lowest BCUT2D eigenvalue weighted by atomic mass is 10.0. The Bertz CT molecular complexity index is 1020. The number of nitrogens with zero attached hydrogens (tertiary/aromatic N) is 1. The lowest BCUT2D eigenvalue weighted by Crippen LogP contribution is -2.50. The molecule has 14 nitrogen and oxygen atoms in total. The molecule has 1 fully saturated rings. The average Bonchev–Trinajstić information content (AvgIpc) is 3.18. The van der Waals surface area contributed by atoms with E-state index in [2.05, 4.69) is 10.6 Å². The molecule has 4 N–H and O–H groups in total. The van der Waals surface area contributed by atoms with E-state index in [1.54, 1.807) is 7.11 Å². The summed E-state index contributed by atoms with van der Waals surface area (Å²) >= 11 is 1.35. The highest BCUT2D eigenvalue weighted by atomic mass is 32.2. The molecule has 0 aliphatic carbocycles. The fraction of sp³-hybridized carbons (Fsp3) is 0.750. The predicted molar refractivity (Wildman–Crippen MR) is 156 cm³/mol. The van der Waals surface area contributed by atoms with E-state index < -0.39 is 64.9 Å². The number of amides is 4. The highest BCUT2D eigenvalue weighted by Gasteiger charge is 2.39. The molecule has 1 unspecified atom stereocenters. The van der Waals surface area contributed by atoms with Gasteiger partial charge in [-0.05, 0) is 59.1 Å². The lowest BCUT2D eigenvalue weighted by Gasteiger charge is -2.29. The van der Waals surface area contributed by atoms with Crippen molar-refractivity contribution >= 4 is 53.6 Å². The first-order valence-corrected chi connectivity index (χ1v) is 15.2. The summed E-state index contributed by atoms with van der Waals surface area (Å²) in [6.07, 6.45) is 0.0826. The van der Waals surface area contributed by atoms with Gasteiger partial charge in [-0.15, -0.1) is 11.8 Å². The number of carbonyl (C=O) groups is 7. The molecule has 0 saturated carbocycles. The van der Waals surface area contributed by atoms with Gasteiger partial charge >= 0.3 is 11.9 Å². The second-order valence-electron chi connectivity index (χ2n) is 11.5. The first kappa shape index (κ1) is 38.0. The Labute approximate surface area is 256 Å². The van der Waals surface area contributed by atoms with Gasteiger partial charge < -0.3 is 35.1 Å². The van der Waals surface area contributed by atoms with Crippen molar-refractivity contribution in [2.75, 3.05) is 26.0 Å². The summed E-state index contributed by atoms with van der Waals surface area (Å²) in [5, 5.41) is 21.9. The number of aldehydes is 1. The standard InChI is InChI=1S/C28H45N3O11S/c1-27(2,41-5)11-14-42-28(3,4)12-15-43-20-16-22(34)31(26(20)40)13-10-21(33)30-19(7-9-24(37)38)25(39)29-18(17-32)6-8-23(35)36/h17-20H,6-16H2,1-5H3,(H,29,39)(H,30,33)(H,35,36)(H,37,38)/t18-,19-,20?/m1/s1. The maximum atomic E-state index is 12.9. The Morgan fingerprint density at radius 3 is 2.21 bits per heavy atom. The van der Waals surface area contributed by atoms with E-state index in [-0.39, 0.29) is 44.2 Å². The van der Waals surface area contributed by atoms with Crippen molar-refractivity contribution in [1.82, 2.24) is 15.5 Å². The van der Waals surface area contributed by atoms with E-state index in [1.165, 1.54) is 11.8 Å². The number of aliphatic carboxylic acids is 2. The second-order valence-corrected chi connectivity index (χ2v) is 12.8. The minimum absolute atomic E-state index is 0.00149. The van der Waals surface area contributed by atoms with Crippen molar-refractivity contribution in [3.8, 4) is 0 Å². The monoisotopic (exact) mass is 631 g/mol. The molecule has 0 radical (unpaired) electrons. The summed E-state index contributed by atoms with van der Waals surface area (Å²) in [4.78, 5) is 84.7. The van der Waals surface area contributed by atoms with Crippen molar-refractivity contribution in [3.63, 3.8) is 0 Å². The van der Waals surface area contributed by atoms with Gasteiger partial charge in [-0.3, -0.25) is 33.7 Å². The summed E-state index contributed by atoms with van der Waals surface area (Å²) in [6, 6.07) is -2.46. The van der Waals surface area contributed by atoms with Crippen LogP contribution in [0.15, 0.2) is 0 Å². The van der Waals surface area contributed by atoms with Crippen LogP contribution in [0.2, 0.25) is 0 Å². The number of thioether (sulfide) groups is 1. The average molecular weight is 632 g/mol. The molecule has 0 aromatic rings. The Hall–Kier alpha value is -3.04. The lowest BCUT2D eigenvalue weighted by molar-refractivity contribution is -0.140. The molecule has 4 amide bonds. The molecular weight excluding hydrogens is 586 g/mol. The molecule has 0 spiro atoms. The number of carboxylic acids is 2. The maximum absolute atomic E-state index is 12.9. The smallest absolute Gasteiger partial charge is 0.303 e. The fourth-order valence-corrected chi connectivity index (χ4v) is 5.39. The summed E-state index contributed by atoms with van der Waals surface area (Å²) in [5.41, 5.74) is -0.734. The molecule has 1 aliphatic heterocycles. The van der Waals surface area contributed by atoms with Crippen LogP contribution in [0.5, 0.6) is 0 Å². The highest BCUT2D eigenvalue weighted by Crippen LogP contribution is 2.28. The van der Waals surface area contributed by atoms with E-state index in [4.69, 9.17) is 19.7 Å². The minimum Gasteiger partial charge on any atom is -0.481 e. The third-order valence-corrected chi connectivity index (χ3v) is 8.21. The molecule has 1 saturated heterocycles. The molecule has 0 aromatic heterocycles. The van der Waals surface area contributed by atoms with Gasteiger partial charge in [0.25, 0.3) is 0 Å². The van der Waals surface area contributed by atoms with E-state index in [0.29, 0.717) is 25.1 Å². The molecule has 0 aromatic carbocycles. The van der Waals surface area contributed by atoms with E-state index in [0.717, 1.165) is 11.3 Å². The molecule has 3 atom stereocenters. The van der Waals surface area contributed by atoms with Crippen LogP contribution in [-0.4, -0.2) is 112 Å². The van der Waals surface area contributed by atoms with Gasteiger partial charge in [0.15, 0.2) is 0 Å². The normalized spacial score (nSPS) is 17.0. The third kappa shape index (κ3) is 14.8. The number of hydrogen-bond donors (Lipinski definition) is 4. The summed E-state index contributed by atoms with van der Waals surface area (Å²) in [6.45, 7) is 8.16. The zero-order chi connectivity index (χ0) is 32.8. The van der Waals surface area contributed by atoms with Crippen LogP contribution in [0.3, 0.4) is 0 Å². The quantitative estimate of drug-likeness (QED) is 0.0980. The molecule has 43 heavy (non-hydrogen) atoms. The van der Waals surface area contributed by atoms with Crippen LogP contribution in [0.25, 0.3) is 0 Å². The Morgan fingerprint density at radius 1 is 1.00 bits per heavy atom. The van der Waals surface area contributed by atoms with Crippen molar-refractivity contribution in [1.29, 1.82) is 0 Å². The Morgan fingerprint density at radius 2 is 1.63 bits per heavy atom. The maximum Gasteiger partial charge on any atom is 0.303 e. The summed E-state index contributed by atoms with van der Waals surface area (Å²) in [5.74, 6) is -4.18. The van der Waals surface area contributed by atoms with Gasteiger partial charge in [0.05, 0.1) is 29.1 Å². The fourth-order valence-electron chi connectivity index (χ4n) is 3.97. The number of imide groups is 1. The van der Waals surface area contributed by atoms with Crippen LogP contribution < -0.4 is 10.6 Å². The van der Waals surface area contributed by atoms with Gasteiger partial charge in [-0.2, -0.15) is 0 Å². The van der Waals surface area contributed by atoms with Gasteiger partial charge in [-0.25, -0.2) is 0 Å². The molecule has 244 valence electrons. The zero-order valence-electron chi connectivity index (χ0n) is 25.5. The number of hydrogen-bond acceptors (Lipinski definition) is 10. The largest absolute Gasteiger partial charge is 0.481 e. The SMILES string of the molecule is COC(C)(C)CCOC(C)(C)CCSC1CC(=O)N(CCC(=O)N[C@H](CCC(=O)O)C(=O)N[C@@H](C=O)CCC(=O)O)C1=O. The summed E-state index contributed by atoms with van der Waals surface area (Å²) in [7, 11) is 1.65. The Kier molecular flexibility index (Phi) is 15.8. The van der Waals surface area contributed by atoms with E-state index in [1.807, 2.05) is 27.7 Å². The van der Waals surface area contributed by atoms with Crippen molar-refractivity contribution < 1.29 is 53.2 Å². The number of carboxylic acid groups (broad SMARTS) is 2. The highest BCUT2D eigenvalue weighted by molar-refractivity contribution is 8.00. The number of rotatable bonds is 22. The summed E-state index contributed by atoms with van der Waals surface area (Å²) < 4.78 is 11.4. The number of nitrogens with one attached hydrogen (secondary N) is 2. The van der Waals surface area contributed by atoms with Crippen LogP contribution >= 0.6 is 11.8 Å². The van der Waals surface area contributed by atoms with E-state index in [9.17, 15) is 33.6 Å². The van der Waals surface area contributed by atoms with E-state index >= 15 is 0 Å². The number of likely N-dealkylation sites (tertiary alicyclic amines) is 1. The Balaban J connectivity index is 2.62. The molecule has 1 heterocycles. The van der Waals surface area contributed by atoms with Crippen molar-refractivity contribution in [2.24, 2.45) is 0 Å². The molecule has 15 heteroatoms. The van der Waals surface area contributed by atoms with Crippen LogP contribution in [0, 0.1) is 0 Å². The number of ether oxygens (including phenoxy) is 2. The zero-order valence-corrected chi connectivity index (χ0v) is 26.3. The first-order valence-electron chi connectivity index (χ1n) is 14.1. The van der Waals surface area contributed by atoms with Crippen LogP contribution in [0.4, 0.5) is 0 Å². The van der Waals surface area contributed by atoms with Crippen LogP contribution in [-0.2, 0) is 43.0 Å². The first-order chi connectivity index (χ1) is 20.0. The number of methoxy groups -OCH3 is 1.